The van der Waals surface area contributed by atoms with Crippen molar-refractivity contribution in [1.29, 1.82) is 0 Å². The highest BCUT2D eigenvalue weighted by molar-refractivity contribution is 5.66. The molecule has 0 aliphatic carbocycles. The van der Waals surface area contributed by atoms with Gasteiger partial charge >= 0.3 is 6.36 Å². The molecular formula is C21H20F3N5O4. The lowest BCUT2D eigenvalue weighted by atomic mass is 10.1. The number of benzene rings is 2. The predicted octanol–water partition coefficient (Wildman–Crippen LogP) is 4.36. The highest BCUT2D eigenvalue weighted by atomic mass is 19.4. The molecule has 0 unspecified atom stereocenters. The number of halogens is 3. The molecule has 1 aromatic heterocycles. The maximum absolute atomic E-state index is 12.6. The van der Waals surface area contributed by atoms with E-state index in [9.17, 15) is 28.4 Å². The molecule has 3 N–H and O–H groups in total. The number of anilines is 2. The van der Waals surface area contributed by atoms with Gasteiger partial charge in [-0.25, -0.2) is 4.98 Å². The van der Waals surface area contributed by atoms with Crippen LogP contribution < -0.4 is 15.4 Å². The van der Waals surface area contributed by atoms with Gasteiger partial charge in [0.2, 0.25) is 5.95 Å². The van der Waals surface area contributed by atoms with E-state index in [-0.39, 0.29) is 30.8 Å². The van der Waals surface area contributed by atoms with Gasteiger partial charge in [-0.2, -0.15) is 4.98 Å². The van der Waals surface area contributed by atoms with Crippen LogP contribution in [0.4, 0.5) is 30.6 Å². The quantitative estimate of drug-likeness (QED) is 0.316. The molecule has 3 rings (SSSR count). The number of nitrogens with one attached hydrogen (secondary N) is 2. The molecule has 0 saturated heterocycles. The fourth-order valence-corrected chi connectivity index (χ4v) is 2.80. The summed E-state index contributed by atoms with van der Waals surface area (Å²) in [5.74, 6) is 0.118. The van der Waals surface area contributed by atoms with Crippen LogP contribution in [0, 0.1) is 10.1 Å². The van der Waals surface area contributed by atoms with E-state index in [0.29, 0.717) is 17.1 Å². The van der Waals surface area contributed by atoms with Gasteiger partial charge < -0.3 is 20.5 Å². The Balaban J connectivity index is 1.87. The van der Waals surface area contributed by atoms with Crippen molar-refractivity contribution < 1.29 is 27.9 Å². The Labute approximate surface area is 186 Å². The Morgan fingerprint density at radius 3 is 2.52 bits per heavy atom. The maximum Gasteiger partial charge on any atom is 0.573 e. The summed E-state index contributed by atoms with van der Waals surface area (Å²) < 4.78 is 41.7. The Morgan fingerprint density at radius 1 is 1.15 bits per heavy atom. The molecule has 33 heavy (non-hydrogen) atoms. The molecule has 12 heteroatoms. The molecule has 0 amide bonds. The van der Waals surface area contributed by atoms with Crippen LogP contribution in [0.5, 0.6) is 5.75 Å². The molecule has 1 atom stereocenters. The van der Waals surface area contributed by atoms with E-state index in [4.69, 9.17) is 0 Å². The van der Waals surface area contributed by atoms with E-state index in [1.54, 1.807) is 31.2 Å². The number of nitro benzene ring substituents is 1. The summed E-state index contributed by atoms with van der Waals surface area (Å²) in [6.45, 7) is 1.80. The van der Waals surface area contributed by atoms with Crippen molar-refractivity contribution in [3.63, 3.8) is 0 Å². The largest absolute Gasteiger partial charge is 0.573 e. The second-order valence-electron chi connectivity index (χ2n) is 7.04. The van der Waals surface area contributed by atoms with Crippen LogP contribution in [0.3, 0.4) is 0 Å². The van der Waals surface area contributed by atoms with Crippen LogP contribution in [0.1, 0.15) is 12.5 Å². The molecule has 0 aliphatic rings. The molecule has 0 bridgehead atoms. The first-order chi connectivity index (χ1) is 15.6. The number of non-ortho nitro benzene ring substituents is 1. The van der Waals surface area contributed by atoms with Crippen molar-refractivity contribution in [2.75, 3.05) is 17.2 Å². The second-order valence-corrected chi connectivity index (χ2v) is 7.04. The van der Waals surface area contributed by atoms with Gasteiger partial charge in [0.25, 0.3) is 5.69 Å². The van der Waals surface area contributed by atoms with E-state index in [0.717, 1.165) is 5.56 Å². The topological polar surface area (TPSA) is 122 Å². The second kappa shape index (κ2) is 10.1. The summed E-state index contributed by atoms with van der Waals surface area (Å²) in [5.41, 5.74) is 1.39. The number of rotatable bonds is 9. The van der Waals surface area contributed by atoms with Crippen LogP contribution in [-0.4, -0.2) is 39.0 Å². The van der Waals surface area contributed by atoms with Gasteiger partial charge in [0.05, 0.1) is 17.2 Å². The first-order valence-corrected chi connectivity index (χ1v) is 9.73. The predicted molar refractivity (Wildman–Crippen MR) is 115 cm³/mol. The smallest absolute Gasteiger partial charge is 0.406 e. The Kier molecular flexibility index (Phi) is 7.28. The number of nitro groups is 1. The fraction of sp³-hybridized carbons (Fsp3) is 0.238. The maximum atomic E-state index is 12.6. The SMILES string of the molecule is C[C@H](CO)Nc1nc(NCc2ccc([N+](=O)[O-])cc2)cc(-c2cccc(OC(F)(F)F)c2)n1. The highest BCUT2D eigenvalue weighted by Crippen LogP contribution is 2.29. The van der Waals surface area contributed by atoms with E-state index < -0.39 is 17.0 Å². The number of aliphatic hydroxyl groups excluding tert-OH is 1. The van der Waals surface area contributed by atoms with Gasteiger partial charge in [-0.3, -0.25) is 10.1 Å². The third-order valence-corrected chi connectivity index (χ3v) is 4.36. The molecule has 174 valence electrons. The minimum Gasteiger partial charge on any atom is -0.406 e. The average Bonchev–Trinajstić information content (AvgIpc) is 2.76. The fourth-order valence-electron chi connectivity index (χ4n) is 2.80. The van der Waals surface area contributed by atoms with Crippen LogP contribution in [0.15, 0.2) is 54.6 Å². The van der Waals surface area contributed by atoms with Crippen molar-refractivity contribution in [3.05, 3.63) is 70.3 Å². The Bertz CT molecular complexity index is 1110. The molecule has 2 aromatic carbocycles. The van der Waals surface area contributed by atoms with Gasteiger partial charge in [0.15, 0.2) is 0 Å². The Hall–Kier alpha value is -3.93. The van der Waals surface area contributed by atoms with Crippen molar-refractivity contribution in [1.82, 2.24) is 9.97 Å². The summed E-state index contributed by atoms with van der Waals surface area (Å²) in [4.78, 5) is 19.0. The normalized spacial score (nSPS) is 12.2. The number of nitrogens with zero attached hydrogens (tertiary/aromatic N) is 3. The first kappa shape index (κ1) is 23.7. The van der Waals surface area contributed by atoms with Gasteiger partial charge in [-0.15, -0.1) is 13.2 Å². The van der Waals surface area contributed by atoms with E-state index in [1.807, 2.05) is 0 Å². The van der Waals surface area contributed by atoms with E-state index in [1.165, 1.54) is 30.3 Å². The monoisotopic (exact) mass is 463 g/mol. The standard InChI is InChI=1S/C21H20F3N5O4/c1-13(12-30)26-20-27-18(15-3-2-4-17(9-15)33-21(22,23)24)10-19(28-20)25-11-14-5-7-16(8-6-14)29(31)32/h2-10,13,30H,11-12H2,1H3,(H2,25,26,27,28)/t13-/m1/s1. The van der Waals surface area contributed by atoms with Crippen LogP contribution in [0.25, 0.3) is 11.3 Å². The lowest BCUT2D eigenvalue weighted by Gasteiger charge is -2.15. The zero-order valence-electron chi connectivity index (χ0n) is 17.3. The number of aromatic nitrogens is 2. The van der Waals surface area contributed by atoms with Crippen LogP contribution in [-0.2, 0) is 6.54 Å². The number of hydrogen-bond donors (Lipinski definition) is 3. The van der Waals surface area contributed by atoms with Gasteiger partial charge in [0.1, 0.15) is 11.6 Å². The van der Waals surface area contributed by atoms with Crippen molar-refractivity contribution >= 4 is 17.5 Å². The third-order valence-electron chi connectivity index (χ3n) is 4.36. The summed E-state index contributed by atoms with van der Waals surface area (Å²) in [6.07, 6.45) is -4.83. The molecule has 3 aromatic rings. The summed E-state index contributed by atoms with van der Waals surface area (Å²) in [5, 5.41) is 26.1. The molecule has 9 nitrogen and oxygen atoms in total. The van der Waals surface area contributed by atoms with Gasteiger partial charge in [-0.05, 0) is 24.6 Å². The molecule has 0 fully saturated rings. The van der Waals surface area contributed by atoms with Crippen molar-refractivity contribution in [2.24, 2.45) is 0 Å². The molecule has 0 aliphatic heterocycles. The molecule has 1 heterocycles. The lowest BCUT2D eigenvalue weighted by Crippen LogP contribution is -2.21. The minimum absolute atomic E-state index is 0.0338. The first-order valence-electron chi connectivity index (χ1n) is 9.73. The number of alkyl halides is 3. The van der Waals surface area contributed by atoms with Gasteiger partial charge in [0, 0.05) is 36.3 Å². The Morgan fingerprint density at radius 2 is 1.88 bits per heavy atom. The average molecular weight is 463 g/mol. The number of ether oxygens (including phenoxy) is 1. The molecular weight excluding hydrogens is 443 g/mol. The zero-order valence-corrected chi connectivity index (χ0v) is 17.3. The van der Waals surface area contributed by atoms with Gasteiger partial charge in [-0.1, -0.05) is 24.3 Å². The number of hydrogen-bond acceptors (Lipinski definition) is 8. The lowest BCUT2D eigenvalue weighted by molar-refractivity contribution is -0.384. The minimum atomic E-state index is -4.83. The zero-order chi connectivity index (χ0) is 24.0. The van der Waals surface area contributed by atoms with Crippen LogP contribution >= 0.6 is 0 Å². The molecule has 0 spiro atoms. The molecule has 0 radical (unpaired) electrons. The highest BCUT2D eigenvalue weighted by Gasteiger charge is 2.31. The summed E-state index contributed by atoms with van der Waals surface area (Å²) in [6, 6.07) is 12.5. The molecule has 0 saturated carbocycles. The van der Waals surface area contributed by atoms with Crippen LogP contribution in [0.2, 0.25) is 0 Å². The number of aliphatic hydroxyl groups is 1. The van der Waals surface area contributed by atoms with E-state index >= 15 is 0 Å². The summed E-state index contributed by atoms with van der Waals surface area (Å²) >= 11 is 0. The van der Waals surface area contributed by atoms with Crippen molar-refractivity contribution in [2.45, 2.75) is 25.9 Å². The third kappa shape index (κ3) is 7.04. The van der Waals surface area contributed by atoms with Crippen molar-refractivity contribution in [3.8, 4) is 17.0 Å². The van der Waals surface area contributed by atoms with E-state index in [2.05, 4.69) is 25.3 Å². The summed E-state index contributed by atoms with van der Waals surface area (Å²) in [7, 11) is 0.